The fourth-order valence-electron chi connectivity index (χ4n) is 2.54. The molecule has 3 nitrogen and oxygen atoms in total. The van der Waals surface area contributed by atoms with E-state index >= 15 is 0 Å². The molecular weight excluding hydrogens is 325 g/mol. The van der Waals surface area contributed by atoms with Crippen LogP contribution in [0.15, 0.2) is 47.4 Å². The first kappa shape index (κ1) is 16.5. The minimum atomic E-state index is -0.593. The van der Waals surface area contributed by atoms with Crippen LogP contribution < -0.4 is 4.90 Å². The number of benzene rings is 2. The number of anilines is 1. The third-order valence-electron chi connectivity index (χ3n) is 4.14. The predicted molar refractivity (Wildman–Crippen MR) is 95.4 cm³/mol. The van der Waals surface area contributed by atoms with Crippen molar-refractivity contribution in [1.82, 2.24) is 0 Å². The standard InChI is InChI=1S/C19H16FNO2S/c1-11-8-9-14(10-12(11)2)13(3)17-18(22)21(19(23)24-17)16-7-5-4-6-15(16)20/h4-10H,1-3H3/b17-13-. The van der Waals surface area contributed by atoms with E-state index in [1.807, 2.05) is 39.0 Å². The molecule has 0 bridgehead atoms. The molecule has 1 heterocycles. The minimum Gasteiger partial charge on any atom is -0.268 e. The highest BCUT2D eigenvalue weighted by molar-refractivity contribution is 8.19. The monoisotopic (exact) mass is 341 g/mol. The summed E-state index contributed by atoms with van der Waals surface area (Å²) in [5, 5.41) is -0.483. The van der Waals surface area contributed by atoms with Gasteiger partial charge < -0.3 is 0 Å². The molecule has 3 rings (SSSR count). The number of imide groups is 1. The van der Waals surface area contributed by atoms with E-state index < -0.39 is 17.0 Å². The highest BCUT2D eigenvalue weighted by Gasteiger charge is 2.38. The average Bonchev–Trinajstić information content (AvgIpc) is 2.85. The Hall–Kier alpha value is -2.40. The molecule has 1 aliphatic heterocycles. The van der Waals surface area contributed by atoms with Crippen LogP contribution in [0.3, 0.4) is 0 Å². The first-order valence-electron chi connectivity index (χ1n) is 7.49. The van der Waals surface area contributed by atoms with Gasteiger partial charge in [-0.3, -0.25) is 9.59 Å². The lowest BCUT2D eigenvalue weighted by atomic mass is 10.0. The third-order valence-corrected chi connectivity index (χ3v) is 5.19. The van der Waals surface area contributed by atoms with Gasteiger partial charge in [0.15, 0.2) is 0 Å². The molecule has 1 saturated heterocycles. The molecule has 2 aromatic carbocycles. The van der Waals surface area contributed by atoms with Crippen LogP contribution in [0.1, 0.15) is 23.6 Å². The zero-order valence-corrected chi connectivity index (χ0v) is 14.4. The van der Waals surface area contributed by atoms with Gasteiger partial charge in [0.1, 0.15) is 5.82 Å². The molecule has 2 aromatic rings. The number of hydrogen-bond donors (Lipinski definition) is 0. The van der Waals surface area contributed by atoms with Crippen molar-refractivity contribution < 1.29 is 14.0 Å². The van der Waals surface area contributed by atoms with E-state index in [0.717, 1.165) is 38.9 Å². The molecule has 0 radical (unpaired) electrons. The quantitative estimate of drug-likeness (QED) is 0.715. The second kappa shape index (κ2) is 6.24. The highest BCUT2D eigenvalue weighted by atomic mass is 32.2. The van der Waals surface area contributed by atoms with E-state index in [9.17, 15) is 14.0 Å². The van der Waals surface area contributed by atoms with Crippen LogP contribution in [-0.4, -0.2) is 11.1 Å². The molecule has 0 saturated carbocycles. The lowest BCUT2D eigenvalue weighted by Gasteiger charge is -2.13. The third kappa shape index (κ3) is 2.76. The fraction of sp³-hybridized carbons (Fsp3) is 0.158. The summed E-state index contributed by atoms with van der Waals surface area (Å²) in [4.78, 5) is 26.2. The van der Waals surface area contributed by atoms with Crippen molar-refractivity contribution in [1.29, 1.82) is 0 Å². The summed E-state index contributed by atoms with van der Waals surface area (Å²) in [6.45, 7) is 5.82. The molecule has 122 valence electrons. The maximum Gasteiger partial charge on any atom is 0.298 e. The summed E-state index contributed by atoms with van der Waals surface area (Å²) in [5.41, 5.74) is 3.87. The van der Waals surface area contributed by atoms with Crippen LogP contribution >= 0.6 is 11.8 Å². The number of allylic oxidation sites excluding steroid dienone is 1. The Bertz CT molecular complexity index is 889. The second-order valence-corrected chi connectivity index (χ2v) is 6.67. The number of amides is 2. The highest BCUT2D eigenvalue weighted by Crippen LogP contribution is 2.39. The Morgan fingerprint density at radius 2 is 1.75 bits per heavy atom. The molecule has 0 atom stereocenters. The van der Waals surface area contributed by atoms with Crippen molar-refractivity contribution in [3.63, 3.8) is 0 Å². The van der Waals surface area contributed by atoms with E-state index in [2.05, 4.69) is 0 Å². The number of carbonyl (C=O) groups is 2. The lowest BCUT2D eigenvalue weighted by molar-refractivity contribution is -0.113. The first-order valence-corrected chi connectivity index (χ1v) is 8.31. The fourth-order valence-corrected chi connectivity index (χ4v) is 3.44. The number of aryl methyl sites for hydroxylation is 2. The van der Waals surface area contributed by atoms with E-state index in [4.69, 9.17) is 0 Å². The molecule has 5 heteroatoms. The molecular formula is C19H16FNO2S. The number of carbonyl (C=O) groups excluding carboxylic acids is 2. The molecule has 2 amide bonds. The van der Waals surface area contributed by atoms with Crippen molar-refractivity contribution in [2.45, 2.75) is 20.8 Å². The van der Waals surface area contributed by atoms with Crippen LogP contribution in [0.2, 0.25) is 0 Å². The van der Waals surface area contributed by atoms with Gasteiger partial charge in [-0.1, -0.05) is 30.3 Å². The van der Waals surface area contributed by atoms with Crippen molar-refractivity contribution >= 4 is 34.2 Å². The van der Waals surface area contributed by atoms with E-state index in [1.165, 1.54) is 18.2 Å². The van der Waals surface area contributed by atoms with Gasteiger partial charge in [0, 0.05) is 0 Å². The van der Waals surface area contributed by atoms with Crippen LogP contribution in [0.25, 0.3) is 5.57 Å². The maximum atomic E-state index is 14.0. The Balaban J connectivity index is 2.04. The topological polar surface area (TPSA) is 37.4 Å². The SMILES string of the molecule is C/C(=C1/SC(=O)N(c2ccccc2F)C1=O)c1ccc(C)c(C)c1. The lowest BCUT2D eigenvalue weighted by Crippen LogP contribution is -2.28. The first-order chi connectivity index (χ1) is 11.4. The van der Waals surface area contributed by atoms with Crippen molar-refractivity contribution in [2.75, 3.05) is 4.90 Å². The van der Waals surface area contributed by atoms with E-state index in [-0.39, 0.29) is 5.69 Å². The zero-order valence-electron chi connectivity index (χ0n) is 13.6. The molecule has 0 unspecified atom stereocenters. The number of hydrogen-bond acceptors (Lipinski definition) is 3. The summed E-state index contributed by atoms with van der Waals surface area (Å²) in [6, 6.07) is 11.7. The Morgan fingerprint density at radius 1 is 1.04 bits per heavy atom. The number of thioether (sulfide) groups is 1. The van der Waals surface area contributed by atoms with Gasteiger partial charge in [0.05, 0.1) is 10.6 Å². The minimum absolute atomic E-state index is 0.0112. The largest absolute Gasteiger partial charge is 0.298 e. The second-order valence-electron chi connectivity index (χ2n) is 5.71. The zero-order chi connectivity index (χ0) is 17.4. The van der Waals surface area contributed by atoms with Crippen LogP contribution in [0.5, 0.6) is 0 Å². The van der Waals surface area contributed by atoms with Crippen LogP contribution in [0.4, 0.5) is 14.9 Å². The molecule has 1 aliphatic rings. The van der Waals surface area contributed by atoms with Gasteiger partial charge in [0.2, 0.25) is 0 Å². The van der Waals surface area contributed by atoms with Crippen LogP contribution in [-0.2, 0) is 4.79 Å². The maximum absolute atomic E-state index is 14.0. The Kier molecular flexibility index (Phi) is 4.28. The predicted octanol–water partition coefficient (Wildman–Crippen LogP) is 5.07. The van der Waals surface area contributed by atoms with E-state index in [1.54, 1.807) is 6.07 Å². The van der Waals surface area contributed by atoms with Gasteiger partial charge in [-0.25, -0.2) is 9.29 Å². The molecule has 0 spiro atoms. The summed E-state index contributed by atoms with van der Waals surface area (Å²) < 4.78 is 14.0. The smallest absolute Gasteiger partial charge is 0.268 e. The molecule has 0 aromatic heterocycles. The summed E-state index contributed by atoms with van der Waals surface area (Å²) in [7, 11) is 0. The van der Waals surface area contributed by atoms with E-state index in [0.29, 0.717) is 4.91 Å². The van der Waals surface area contributed by atoms with Gasteiger partial charge >= 0.3 is 0 Å². The van der Waals surface area contributed by atoms with Gasteiger partial charge in [0.25, 0.3) is 11.1 Å². The molecule has 0 N–H and O–H groups in total. The number of rotatable bonds is 2. The summed E-state index contributed by atoms with van der Waals surface area (Å²) >= 11 is 0.849. The molecule has 1 fully saturated rings. The normalized spacial score (nSPS) is 16.8. The van der Waals surface area contributed by atoms with Crippen molar-refractivity contribution in [3.05, 3.63) is 69.9 Å². The molecule has 24 heavy (non-hydrogen) atoms. The Morgan fingerprint density at radius 3 is 2.42 bits per heavy atom. The number of para-hydroxylation sites is 1. The van der Waals surface area contributed by atoms with Crippen LogP contribution in [0, 0.1) is 19.7 Å². The average molecular weight is 341 g/mol. The summed E-state index contributed by atoms with van der Waals surface area (Å²) in [5.74, 6) is -1.07. The molecule has 0 aliphatic carbocycles. The van der Waals surface area contributed by atoms with Gasteiger partial charge in [-0.2, -0.15) is 0 Å². The number of nitrogens with zero attached hydrogens (tertiary/aromatic N) is 1. The van der Waals surface area contributed by atoms with Gasteiger partial charge in [-0.05, 0) is 66.9 Å². The number of halogens is 1. The van der Waals surface area contributed by atoms with Crippen molar-refractivity contribution in [3.8, 4) is 0 Å². The van der Waals surface area contributed by atoms with Crippen molar-refractivity contribution in [2.24, 2.45) is 0 Å². The Labute approximate surface area is 144 Å². The van der Waals surface area contributed by atoms with Gasteiger partial charge in [-0.15, -0.1) is 0 Å². The summed E-state index contributed by atoms with van der Waals surface area (Å²) in [6.07, 6.45) is 0.